The molecule has 0 saturated heterocycles. The van der Waals surface area contributed by atoms with Crippen molar-refractivity contribution in [3.63, 3.8) is 0 Å². The third-order valence-corrected chi connectivity index (χ3v) is 2.55. The van der Waals surface area contributed by atoms with Crippen LogP contribution < -0.4 is 5.32 Å². The van der Waals surface area contributed by atoms with Gasteiger partial charge in [-0.25, -0.2) is 0 Å². The average molecular weight is 250 g/mol. The van der Waals surface area contributed by atoms with E-state index in [9.17, 15) is 4.79 Å². The van der Waals surface area contributed by atoms with Crippen LogP contribution >= 0.6 is 0 Å². The largest absolute Gasteiger partial charge is 0.351 e. The predicted octanol–water partition coefficient (Wildman–Crippen LogP) is 2.52. The Bertz CT molecular complexity index is 295. The van der Waals surface area contributed by atoms with Crippen LogP contribution in [0.15, 0.2) is 37.0 Å². The van der Waals surface area contributed by atoms with Gasteiger partial charge in [0.15, 0.2) is 0 Å². The minimum Gasteiger partial charge on any atom is -0.351 e. The molecule has 0 aromatic carbocycles. The van der Waals surface area contributed by atoms with E-state index >= 15 is 0 Å². The Kier molecular flexibility index (Phi) is 9.97. The van der Waals surface area contributed by atoms with Crippen molar-refractivity contribution in [2.75, 3.05) is 26.7 Å². The van der Waals surface area contributed by atoms with E-state index in [0.717, 1.165) is 32.4 Å². The van der Waals surface area contributed by atoms with Crippen molar-refractivity contribution >= 4 is 5.91 Å². The Hall–Kier alpha value is -1.35. The minimum atomic E-state index is -0.0595. The van der Waals surface area contributed by atoms with Crippen LogP contribution in [0.5, 0.6) is 0 Å². The van der Waals surface area contributed by atoms with Gasteiger partial charge in [0, 0.05) is 18.7 Å². The number of unbranched alkanes of at least 4 members (excludes halogenated alkanes) is 1. The zero-order valence-corrected chi connectivity index (χ0v) is 11.7. The molecule has 0 aliphatic rings. The van der Waals surface area contributed by atoms with Crippen LogP contribution in [-0.2, 0) is 4.79 Å². The van der Waals surface area contributed by atoms with Crippen LogP contribution in [0.1, 0.15) is 26.2 Å². The Morgan fingerprint density at radius 3 is 2.67 bits per heavy atom. The summed E-state index contributed by atoms with van der Waals surface area (Å²) in [5.41, 5.74) is 0.560. The van der Waals surface area contributed by atoms with E-state index in [-0.39, 0.29) is 5.91 Å². The summed E-state index contributed by atoms with van der Waals surface area (Å²) in [5, 5.41) is 2.83. The van der Waals surface area contributed by atoms with Crippen molar-refractivity contribution in [1.82, 2.24) is 10.2 Å². The van der Waals surface area contributed by atoms with E-state index in [0.29, 0.717) is 12.1 Å². The van der Waals surface area contributed by atoms with Crippen LogP contribution in [0.4, 0.5) is 0 Å². The van der Waals surface area contributed by atoms with E-state index in [1.54, 1.807) is 6.92 Å². The first kappa shape index (κ1) is 16.6. The van der Waals surface area contributed by atoms with Crippen LogP contribution in [0.25, 0.3) is 0 Å². The molecule has 0 heterocycles. The molecular weight excluding hydrogens is 224 g/mol. The molecule has 3 heteroatoms. The normalized spacial score (nSPS) is 10.8. The third-order valence-electron chi connectivity index (χ3n) is 2.55. The lowest BCUT2D eigenvalue weighted by molar-refractivity contribution is -0.117. The van der Waals surface area contributed by atoms with Crippen molar-refractivity contribution in [1.29, 1.82) is 0 Å². The Morgan fingerprint density at radius 2 is 2.06 bits per heavy atom. The summed E-state index contributed by atoms with van der Waals surface area (Å²) in [6, 6.07) is 0. The number of hydrogen-bond donors (Lipinski definition) is 1. The van der Waals surface area contributed by atoms with Gasteiger partial charge in [0.1, 0.15) is 0 Å². The van der Waals surface area contributed by atoms with Gasteiger partial charge in [0.25, 0.3) is 0 Å². The molecule has 0 radical (unpaired) electrons. The summed E-state index contributed by atoms with van der Waals surface area (Å²) < 4.78 is 0. The van der Waals surface area contributed by atoms with E-state index in [1.807, 2.05) is 6.08 Å². The highest BCUT2D eigenvalue weighted by Gasteiger charge is 2.01. The first-order valence-electron chi connectivity index (χ1n) is 6.46. The molecule has 3 nitrogen and oxygen atoms in total. The van der Waals surface area contributed by atoms with Gasteiger partial charge in [-0.05, 0) is 39.8 Å². The first-order valence-corrected chi connectivity index (χ1v) is 6.46. The molecule has 0 fully saturated rings. The zero-order valence-electron chi connectivity index (χ0n) is 11.7. The molecule has 0 aromatic heterocycles. The molecule has 0 aliphatic heterocycles. The van der Waals surface area contributed by atoms with Gasteiger partial charge in [-0.1, -0.05) is 24.8 Å². The Balaban J connectivity index is 3.48. The zero-order chi connectivity index (χ0) is 13.8. The molecule has 0 aliphatic carbocycles. The molecule has 18 heavy (non-hydrogen) atoms. The number of hydrogen-bond acceptors (Lipinski definition) is 2. The number of likely N-dealkylation sites (N-methyl/N-ethyl adjacent to an activating group) is 1. The van der Waals surface area contributed by atoms with Crippen LogP contribution in [0.2, 0.25) is 0 Å². The van der Waals surface area contributed by atoms with Gasteiger partial charge in [0.2, 0.25) is 5.91 Å². The van der Waals surface area contributed by atoms with E-state index in [4.69, 9.17) is 0 Å². The van der Waals surface area contributed by atoms with Gasteiger partial charge in [0.05, 0.1) is 0 Å². The highest BCUT2D eigenvalue weighted by Crippen LogP contribution is 1.95. The number of allylic oxidation sites excluding steroid dienone is 3. The van der Waals surface area contributed by atoms with Gasteiger partial charge >= 0.3 is 0 Å². The highest BCUT2D eigenvalue weighted by molar-refractivity contribution is 5.92. The number of carbonyl (C=O) groups excluding carboxylic acids is 1. The number of amides is 1. The van der Waals surface area contributed by atoms with Gasteiger partial charge in [-0.3, -0.25) is 4.79 Å². The van der Waals surface area contributed by atoms with Crippen molar-refractivity contribution in [3.8, 4) is 0 Å². The quantitative estimate of drug-likeness (QED) is 0.367. The maximum Gasteiger partial charge on any atom is 0.246 e. The molecule has 1 amide bonds. The van der Waals surface area contributed by atoms with E-state index in [2.05, 4.69) is 42.6 Å². The maximum absolute atomic E-state index is 11.2. The molecule has 0 spiro atoms. The average Bonchev–Trinajstić information content (AvgIpc) is 2.33. The second kappa shape index (κ2) is 10.8. The molecule has 0 saturated carbocycles. The SMILES string of the molecule is C=CC/C=C\CCCN(C)CCNC(=O)C(=C)C. The van der Waals surface area contributed by atoms with E-state index in [1.165, 1.54) is 0 Å². The maximum atomic E-state index is 11.2. The summed E-state index contributed by atoms with van der Waals surface area (Å²) in [7, 11) is 2.07. The van der Waals surface area contributed by atoms with Crippen molar-refractivity contribution < 1.29 is 4.79 Å². The summed E-state index contributed by atoms with van der Waals surface area (Å²) in [5.74, 6) is -0.0595. The highest BCUT2D eigenvalue weighted by atomic mass is 16.1. The first-order chi connectivity index (χ1) is 8.57. The molecule has 102 valence electrons. The third kappa shape index (κ3) is 9.85. The molecule has 0 bridgehead atoms. The number of carbonyl (C=O) groups is 1. The van der Waals surface area contributed by atoms with Gasteiger partial charge < -0.3 is 10.2 Å². The second-order valence-corrected chi connectivity index (χ2v) is 4.48. The van der Waals surface area contributed by atoms with Crippen molar-refractivity contribution in [2.45, 2.75) is 26.2 Å². The minimum absolute atomic E-state index is 0.0595. The fourth-order valence-corrected chi connectivity index (χ4v) is 1.41. The summed E-state index contributed by atoms with van der Waals surface area (Å²) in [6.07, 6.45) is 9.41. The molecule has 0 unspecified atom stereocenters. The fourth-order valence-electron chi connectivity index (χ4n) is 1.41. The van der Waals surface area contributed by atoms with Gasteiger partial charge in [-0.15, -0.1) is 6.58 Å². The second-order valence-electron chi connectivity index (χ2n) is 4.48. The monoisotopic (exact) mass is 250 g/mol. The topological polar surface area (TPSA) is 32.3 Å². The predicted molar refractivity (Wildman–Crippen MR) is 78.5 cm³/mol. The van der Waals surface area contributed by atoms with Crippen molar-refractivity contribution in [3.05, 3.63) is 37.0 Å². The van der Waals surface area contributed by atoms with Crippen LogP contribution in [0, 0.1) is 0 Å². The number of nitrogens with zero attached hydrogens (tertiary/aromatic N) is 1. The number of rotatable bonds is 10. The van der Waals surface area contributed by atoms with Crippen LogP contribution in [-0.4, -0.2) is 37.5 Å². The summed E-state index contributed by atoms with van der Waals surface area (Å²) in [6.45, 7) is 11.6. The Labute approximate surface area is 111 Å². The molecule has 0 rings (SSSR count). The smallest absolute Gasteiger partial charge is 0.246 e. The Morgan fingerprint density at radius 1 is 1.33 bits per heavy atom. The lowest BCUT2D eigenvalue weighted by Crippen LogP contribution is -2.33. The summed E-state index contributed by atoms with van der Waals surface area (Å²) >= 11 is 0. The fraction of sp³-hybridized carbons (Fsp3) is 0.533. The molecular formula is C15H26N2O. The summed E-state index contributed by atoms with van der Waals surface area (Å²) in [4.78, 5) is 13.5. The lowest BCUT2D eigenvalue weighted by Gasteiger charge is -2.16. The lowest BCUT2D eigenvalue weighted by atomic mass is 10.2. The molecule has 0 aromatic rings. The number of nitrogens with one attached hydrogen (secondary N) is 1. The molecule has 0 atom stereocenters. The standard InChI is InChI=1S/C15H26N2O/c1-5-6-7-8-9-10-12-17(4)13-11-16-15(18)14(2)3/h5,7-8H,1-2,6,9-13H2,3-4H3,(H,16,18)/b8-7-. The van der Waals surface area contributed by atoms with Crippen molar-refractivity contribution in [2.24, 2.45) is 0 Å². The van der Waals surface area contributed by atoms with Gasteiger partial charge in [-0.2, -0.15) is 0 Å². The van der Waals surface area contributed by atoms with Crippen LogP contribution in [0.3, 0.4) is 0 Å². The molecule has 1 N–H and O–H groups in total. The van der Waals surface area contributed by atoms with E-state index < -0.39 is 0 Å².